The van der Waals surface area contributed by atoms with Crippen molar-refractivity contribution in [3.63, 3.8) is 0 Å². The van der Waals surface area contributed by atoms with Crippen molar-refractivity contribution in [3.8, 4) is 0 Å². The molecule has 1 heterocycles. The van der Waals surface area contributed by atoms with Crippen LogP contribution in [-0.2, 0) is 9.53 Å². The highest BCUT2D eigenvalue weighted by Gasteiger charge is 2.17. The third kappa shape index (κ3) is 12.4. The lowest BCUT2D eigenvalue weighted by Gasteiger charge is -2.13. The zero-order valence-corrected chi connectivity index (χ0v) is 17.5. The second kappa shape index (κ2) is 16.6. The number of rotatable bonds is 16. The summed E-state index contributed by atoms with van der Waals surface area (Å²) in [5, 5.41) is 0. The second-order valence-corrected chi connectivity index (χ2v) is 7.40. The fourth-order valence-electron chi connectivity index (χ4n) is 3.28. The number of nitrogens with zero attached hydrogens (tertiary/aromatic N) is 2. The quantitative estimate of drug-likeness (QED) is 0.178. The molecule has 0 bridgehead atoms. The van der Waals surface area contributed by atoms with Gasteiger partial charge in [-0.1, -0.05) is 96.6 Å². The number of ether oxygens (including phenoxy) is 1. The van der Waals surface area contributed by atoms with Crippen LogP contribution in [0.4, 0.5) is 0 Å². The van der Waals surface area contributed by atoms with Crippen LogP contribution in [0, 0.1) is 0 Å². The van der Waals surface area contributed by atoms with Crippen LogP contribution in [0.15, 0.2) is 29.9 Å². The van der Waals surface area contributed by atoms with E-state index in [2.05, 4.69) is 24.6 Å². The number of carbonyl (C=O) groups excluding carboxylic acids is 1. The Hall–Kier alpha value is -1.58. The first-order valence-electron chi connectivity index (χ1n) is 11.1. The van der Waals surface area contributed by atoms with Gasteiger partial charge in [0.1, 0.15) is 0 Å². The Labute approximate surface area is 166 Å². The van der Waals surface area contributed by atoms with Gasteiger partial charge in [-0.15, -0.1) is 0 Å². The Morgan fingerprint density at radius 1 is 1.00 bits per heavy atom. The minimum atomic E-state index is -0.453. The first kappa shape index (κ1) is 23.5. The SMILES string of the molecule is C=CC(=O)OC1=NCCN1/C=C/CCCCCCCCCCCCCCC. The van der Waals surface area contributed by atoms with Crippen LogP contribution < -0.4 is 0 Å². The Bertz CT molecular complexity index is 457. The number of unbranched alkanes of at least 4 members (excludes halogenated alkanes) is 13. The molecule has 0 amide bonds. The topological polar surface area (TPSA) is 41.9 Å². The molecule has 0 radical (unpaired) electrons. The monoisotopic (exact) mass is 376 g/mol. The van der Waals surface area contributed by atoms with Crippen LogP contribution in [0.25, 0.3) is 0 Å². The summed E-state index contributed by atoms with van der Waals surface area (Å²) in [4.78, 5) is 17.3. The molecule has 4 heteroatoms. The predicted molar refractivity (Wildman–Crippen MR) is 115 cm³/mol. The van der Waals surface area contributed by atoms with Crippen LogP contribution >= 0.6 is 0 Å². The average molecular weight is 377 g/mol. The first-order chi connectivity index (χ1) is 13.3. The Kier molecular flexibility index (Phi) is 14.4. The molecule has 27 heavy (non-hydrogen) atoms. The van der Waals surface area contributed by atoms with E-state index >= 15 is 0 Å². The molecule has 4 nitrogen and oxygen atoms in total. The lowest BCUT2D eigenvalue weighted by atomic mass is 10.0. The van der Waals surface area contributed by atoms with E-state index in [4.69, 9.17) is 4.74 Å². The molecule has 0 aromatic rings. The molecule has 0 fully saturated rings. The van der Waals surface area contributed by atoms with Gasteiger partial charge in [0, 0.05) is 18.8 Å². The van der Waals surface area contributed by atoms with E-state index in [1.54, 1.807) is 0 Å². The van der Waals surface area contributed by atoms with Crippen molar-refractivity contribution in [2.24, 2.45) is 4.99 Å². The van der Waals surface area contributed by atoms with Gasteiger partial charge in [0.05, 0.1) is 6.54 Å². The molecule has 0 aliphatic carbocycles. The molecule has 1 aliphatic heterocycles. The largest absolute Gasteiger partial charge is 0.389 e. The summed E-state index contributed by atoms with van der Waals surface area (Å²) in [6, 6.07) is 0.390. The average Bonchev–Trinajstić information content (AvgIpc) is 3.11. The second-order valence-electron chi connectivity index (χ2n) is 7.40. The maximum absolute atomic E-state index is 11.3. The summed E-state index contributed by atoms with van der Waals surface area (Å²) in [7, 11) is 0. The summed E-state index contributed by atoms with van der Waals surface area (Å²) in [6.45, 7) is 7.12. The van der Waals surface area contributed by atoms with Crippen LogP contribution in [-0.4, -0.2) is 30.0 Å². The highest BCUT2D eigenvalue weighted by atomic mass is 16.6. The van der Waals surface area contributed by atoms with E-state index in [0.717, 1.165) is 19.0 Å². The Morgan fingerprint density at radius 3 is 2.11 bits per heavy atom. The van der Waals surface area contributed by atoms with Crippen LogP contribution in [0.5, 0.6) is 0 Å². The molecular formula is C23H40N2O2. The van der Waals surface area contributed by atoms with Crippen molar-refractivity contribution in [1.82, 2.24) is 4.90 Å². The molecule has 0 saturated carbocycles. The molecule has 1 aliphatic rings. The van der Waals surface area contributed by atoms with Gasteiger partial charge in [0.25, 0.3) is 6.02 Å². The number of hydrogen-bond donors (Lipinski definition) is 0. The Balaban J connectivity index is 1.90. The minimum absolute atomic E-state index is 0.390. The van der Waals surface area contributed by atoms with Gasteiger partial charge < -0.3 is 9.64 Å². The van der Waals surface area contributed by atoms with Gasteiger partial charge in [0.2, 0.25) is 0 Å². The normalized spacial score (nSPS) is 14.0. The number of hydrogen-bond acceptors (Lipinski definition) is 4. The number of aliphatic imine (C=N–C) groups is 1. The summed E-state index contributed by atoms with van der Waals surface area (Å²) >= 11 is 0. The zero-order valence-electron chi connectivity index (χ0n) is 17.5. The van der Waals surface area contributed by atoms with E-state index < -0.39 is 5.97 Å². The number of carbonyl (C=O) groups is 1. The van der Waals surface area contributed by atoms with Crippen molar-refractivity contribution in [1.29, 1.82) is 0 Å². The van der Waals surface area contributed by atoms with Gasteiger partial charge in [-0.05, 0) is 12.8 Å². The van der Waals surface area contributed by atoms with Gasteiger partial charge in [-0.2, -0.15) is 0 Å². The van der Waals surface area contributed by atoms with E-state index in [9.17, 15) is 4.79 Å². The number of amidine groups is 1. The standard InChI is InChI=1S/C23H40N2O2/c1-3-5-6-7-8-9-10-11-12-13-14-15-16-17-18-20-25-21-19-24-23(25)27-22(26)4-2/h4,18,20H,2-3,5-17,19,21H2,1H3/b20-18+. The molecule has 0 atom stereocenters. The van der Waals surface area contributed by atoms with E-state index in [0.29, 0.717) is 12.6 Å². The predicted octanol–water partition coefficient (Wildman–Crippen LogP) is 6.38. The van der Waals surface area contributed by atoms with Crippen molar-refractivity contribution >= 4 is 12.0 Å². The number of allylic oxidation sites excluding steroid dienone is 1. The highest BCUT2D eigenvalue weighted by molar-refractivity contribution is 5.93. The van der Waals surface area contributed by atoms with Crippen molar-refractivity contribution in [2.75, 3.05) is 13.1 Å². The summed E-state index contributed by atoms with van der Waals surface area (Å²) in [5.41, 5.74) is 0. The smallest absolute Gasteiger partial charge is 0.337 e. The van der Waals surface area contributed by atoms with E-state index in [-0.39, 0.29) is 0 Å². The highest BCUT2D eigenvalue weighted by Crippen LogP contribution is 2.13. The molecule has 0 unspecified atom stereocenters. The fraction of sp³-hybridized carbons (Fsp3) is 0.739. The van der Waals surface area contributed by atoms with Crippen LogP contribution in [0.1, 0.15) is 96.8 Å². The molecule has 0 aromatic carbocycles. The molecule has 1 rings (SSSR count). The molecular weight excluding hydrogens is 336 g/mol. The minimum Gasteiger partial charge on any atom is -0.389 e. The summed E-state index contributed by atoms with van der Waals surface area (Å²) in [5.74, 6) is -0.453. The van der Waals surface area contributed by atoms with Crippen molar-refractivity contribution in [2.45, 2.75) is 96.8 Å². The first-order valence-corrected chi connectivity index (χ1v) is 11.1. The van der Waals surface area contributed by atoms with E-state index in [1.807, 2.05) is 11.1 Å². The maximum Gasteiger partial charge on any atom is 0.337 e. The Morgan fingerprint density at radius 2 is 1.56 bits per heavy atom. The van der Waals surface area contributed by atoms with Gasteiger partial charge in [-0.3, -0.25) is 0 Å². The maximum atomic E-state index is 11.3. The third-order valence-electron chi connectivity index (χ3n) is 4.95. The van der Waals surface area contributed by atoms with Crippen molar-refractivity contribution in [3.05, 3.63) is 24.9 Å². The van der Waals surface area contributed by atoms with Gasteiger partial charge >= 0.3 is 5.97 Å². The number of esters is 1. The molecule has 0 aromatic heterocycles. The molecule has 0 N–H and O–H groups in total. The summed E-state index contributed by atoms with van der Waals surface area (Å²) < 4.78 is 5.12. The lowest BCUT2D eigenvalue weighted by molar-refractivity contribution is -0.130. The van der Waals surface area contributed by atoms with Crippen molar-refractivity contribution < 1.29 is 9.53 Å². The van der Waals surface area contributed by atoms with Gasteiger partial charge in [-0.25, -0.2) is 9.79 Å². The fourth-order valence-corrected chi connectivity index (χ4v) is 3.28. The molecule has 0 spiro atoms. The summed E-state index contributed by atoms with van der Waals surface area (Å²) in [6.07, 6.45) is 24.3. The lowest BCUT2D eigenvalue weighted by Crippen LogP contribution is -2.25. The molecule has 0 saturated heterocycles. The molecule has 154 valence electrons. The van der Waals surface area contributed by atoms with Gasteiger partial charge in [0.15, 0.2) is 0 Å². The third-order valence-corrected chi connectivity index (χ3v) is 4.95. The van der Waals surface area contributed by atoms with Crippen LogP contribution in [0.2, 0.25) is 0 Å². The van der Waals surface area contributed by atoms with E-state index in [1.165, 1.54) is 83.5 Å². The van der Waals surface area contributed by atoms with Crippen LogP contribution in [0.3, 0.4) is 0 Å². The zero-order chi connectivity index (χ0) is 19.6.